The Bertz CT molecular complexity index is 566. The summed E-state index contributed by atoms with van der Waals surface area (Å²) in [6.07, 6.45) is 0. The predicted molar refractivity (Wildman–Crippen MR) is 62.4 cm³/mol. The number of ether oxygens (including phenoxy) is 1. The molecule has 1 aromatic carbocycles. The van der Waals surface area contributed by atoms with E-state index in [0.29, 0.717) is 11.3 Å². The van der Waals surface area contributed by atoms with Crippen molar-refractivity contribution in [2.24, 2.45) is 0 Å². The molecular formula is C10H10N6O2. The van der Waals surface area contributed by atoms with Crippen molar-refractivity contribution in [3.8, 4) is 0 Å². The molecular weight excluding hydrogens is 236 g/mol. The van der Waals surface area contributed by atoms with Crippen LogP contribution in [0.15, 0.2) is 24.3 Å². The highest BCUT2D eigenvalue weighted by Gasteiger charge is 2.13. The molecule has 8 heteroatoms. The smallest absolute Gasteiger partial charge is 0.339 e. The summed E-state index contributed by atoms with van der Waals surface area (Å²) in [5.41, 5.74) is 0.781. The summed E-state index contributed by atoms with van der Waals surface area (Å²) in [5.74, 6) is -0.354. The Morgan fingerprint density at radius 1 is 1.44 bits per heavy atom. The fourth-order valence-corrected chi connectivity index (χ4v) is 1.34. The zero-order valence-corrected chi connectivity index (χ0v) is 9.47. The zero-order valence-electron chi connectivity index (χ0n) is 9.47. The summed E-state index contributed by atoms with van der Waals surface area (Å²) in [4.78, 5) is 11.5. The van der Waals surface area contributed by atoms with Gasteiger partial charge in [-0.1, -0.05) is 12.1 Å². The highest BCUT2D eigenvalue weighted by molar-refractivity contribution is 6.07. The maximum Gasteiger partial charge on any atom is 0.339 e. The number of H-pyrrole nitrogens is 1. The minimum atomic E-state index is -0.485. The lowest BCUT2D eigenvalue weighted by atomic mass is 10.2. The van der Waals surface area contributed by atoms with E-state index < -0.39 is 5.97 Å². The molecule has 3 N–H and O–H groups in total. The highest BCUT2D eigenvalue weighted by Crippen LogP contribution is 2.16. The highest BCUT2D eigenvalue weighted by atomic mass is 16.5. The molecule has 0 spiro atoms. The number of amidine groups is 1. The fraction of sp³-hybridized carbons (Fsp3) is 0.100. The van der Waals surface area contributed by atoms with E-state index in [1.807, 2.05) is 0 Å². The number of anilines is 1. The first-order valence-electron chi connectivity index (χ1n) is 4.99. The lowest BCUT2D eigenvalue weighted by Crippen LogP contribution is -2.16. The Hall–Kier alpha value is -2.77. The van der Waals surface area contributed by atoms with Crippen LogP contribution in [0.1, 0.15) is 16.2 Å². The number of hydrogen-bond donors (Lipinski definition) is 3. The number of nitrogens with zero attached hydrogens (tertiary/aromatic N) is 3. The number of tetrazole rings is 1. The molecule has 2 rings (SSSR count). The summed E-state index contributed by atoms with van der Waals surface area (Å²) in [6, 6.07) is 6.70. The van der Waals surface area contributed by atoms with Crippen molar-refractivity contribution in [3.63, 3.8) is 0 Å². The second-order valence-electron chi connectivity index (χ2n) is 3.29. The second kappa shape index (κ2) is 5.04. The third-order valence-corrected chi connectivity index (χ3v) is 2.17. The van der Waals surface area contributed by atoms with Gasteiger partial charge in [0.2, 0.25) is 5.82 Å². The first-order chi connectivity index (χ1) is 8.72. The van der Waals surface area contributed by atoms with Crippen molar-refractivity contribution in [1.82, 2.24) is 20.6 Å². The quantitative estimate of drug-likeness (QED) is 0.410. The van der Waals surface area contributed by atoms with E-state index in [1.165, 1.54) is 7.11 Å². The summed E-state index contributed by atoms with van der Waals surface area (Å²) in [7, 11) is 1.30. The molecule has 0 radical (unpaired) electrons. The molecule has 8 nitrogen and oxygen atoms in total. The molecule has 0 aliphatic carbocycles. The van der Waals surface area contributed by atoms with Crippen molar-refractivity contribution < 1.29 is 9.53 Å². The van der Waals surface area contributed by atoms with E-state index in [9.17, 15) is 4.79 Å². The van der Waals surface area contributed by atoms with Gasteiger partial charge in [0, 0.05) is 0 Å². The number of carbonyl (C=O) groups excluding carboxylic acids is 1. The number of aromatic nitrogens is 4. The van der Waals surface area contributed by atoms with Crippen LogP contribution >= 0.6 is 0 Å². The summed E-state index contributed by atoms with van der Waals surface area (Å²) in [5, 5.41) is 23.2. The van der Waals surface area contributed by atoms with Crippen molar-refractivity contribution >= 4 is 17.5 Å². The maximum atomic E-state index is 11.5. The van der Waals surface area contributed by atoms with Crippen LogP contribution in [0.3, 0.4) is 0 Å². The van der Waals surface area contributed by atoms with Gasteiger partial charge in [-0.25, -0.2) is 9.89 Å². The molecule has 0 saturated heterocycles. The van der Waals surface area contributed by atoms with Crippen molar-refractivity contribution in [1.29, 1.82) is 5.41 Å². The van der Waals surface area contributed by atoms with Crippen LogP contribution in [0.25, 0.3) is 0 Å². The van der Waals surface area contributed by atoms with Crippen LogP contribution in [-0.2, 0) is 4.74 Å². The SMILES string of the molecule is COC(=O)c1ccccc1NC(=N)c1nnn[nH]1. The van der Waals surface area contributed by atoms with Gasteiger partial charge in [-0.3, -0.25) is 5.41 Å². The van der Waals surface area contributed by atoms with Crippen LogP contribution in [0.2, 0.25) is 0 Å². The Morgan fingerprint density at radius 3 is 2.89 bits per heavy atom. The molecule has 0 fully saturated rings. The molecule has 0 unspecified atom stereocenters. The van der Waals surface area contributed by atoms with E-state index in [-0.39, 0.29) is 11.7 Å². The third kappa shape index (κ3) is 2.32. The van der Waals surface area contributed by atoms with Crippen molar-refractivity contribution in [2.75, 3.05) is 12.4 Å². The maximum absolute atomic E-state index is 11.5. The second-order valence-corrected chi connectivity index (χ2v) is 3.29. The fourth-order valence-electron chi connectivity index (χ4n) is 1.34. The molecule has 92 valence electrons. The van der Waals surface area contributed by atoms with Gasteiger partial charge < -0.3 is 10.1 Å². The van der Waals surface area contributed by atoms with Crippen molar-refractivity contribution in [2.45, 2.75) is 0 Å². The third-order valence-electron chi connectivity index (χ3n) is 2.17. The van der Waals surface area contributed by atoms with Crippen LogP contribution < -0.4 is 5.32 Å². The molecule has 0 saturated carbocycles. The molecule has 0 amide bonds. The number of methoxy groups -OCH3 is 1. The van der Waals surface area contributed by atoms with Crippen LogP contribution in [0, 0.1) is 5.41 Å². The van der Waals surface area contributed by atoms with E-state index in [2.05, 4.69) is 30.7 Å². The average Bonchev–Trinajstić information content (AvgIpc) is 2.92. The molecule has 2 aromatic rings. The molecule has 1 heterocycles. The van der Waals surface area contributed by atoms with Crippen LogP contribution in [0.5, 0.6) is 0 Å². The number of esters is 1. The Morgan fingerprint density at radius 2 is 2.22 bits per heavy atom. The molecule has 1 aromatic heterocycles. The van der Waals surface area contributed by atoms with Crippen molar-refractivity contribution in [3.05, 3.63) is 35.7 Å². The molecule has 18 heavy (non-hydrogen) atoms. The summed E-state index contributed by atoms with van der Waals surface area (Å²) in [6.45, 7) is 0. The molecule has 0 aliphatic rings. The number of benzene rings is 1. The number of aromatic amines is 1. The van der Waals surface area contributed by atoms with E-state index in [4.69, 9.17) is 5.41 Å². The lowest BCUT2D eigenvalue weighted by Gasteiger charge is -2.09. The Balaban J connectivity index is 2.24. The largest absolute Gasteiger partial charge is 0.465 e. The van der Waals surface area contributed by atoms with Crippen LogP contribution in [0.4, 0.5) is 5.69 Å². The first kappa shape index (κ1) is 11.7. The standard InChI is InChI=1S/C10H10N6O2/c1-18-10(17)6-4-2-3-5-7(6)12-8(11)9-13-15-16-14-9/h2-5H,1H3,(H2,11,12)(H,13,14,15,16). The topological polar surface area (TPSA) is 117 Å². The summed E-state index contributed by atoms with van der Waals surface area (Å²) < 4.78 is 4.65. The van der Waals surface area contributed by atoms with Gasteiger partial charge in [0.05, 0.1) is 18.4 Å². The number of para-hydroxylation sites is 1. The predicted octanol–water partition coefficient (Wildman–Crippen LogP) is 0.424. The number of nitrogens with one attached hydrogen (secondary N) is 3. The van der Waals surface area contributed by atoms with E-state index in [0.717, 1.165) is 0 Å². The zero-order chi connectivity index (χ0) is 13.0. The Labute approximate surface area is 102 Å². The number of carbonyl (C=O) groups is 1. The average molecular weight is 246 g/mol. The van der Waals surface area contributed by atoms with E-state index in [1.54, 1.807) is 24.3 Å². The van der Waals surface area contributed by atoms with Gasteiger partial charge >= 0.3 is 5.97 Å². The summed E-state index contributed by atoms with van der Waals surface area (Å²) >= 11 is 0. The Kier molecular flexibility index (Phi) is 3.28. The molecule has 0 atom stereocenters. The van der Waals surface area contributed by atoms with Gasteiger partial charge in [-0.15, -0.1) is 5.10 Å². The van der Waals surface area contributed by atoms with Crippen LogP contribution in [-0.4, -0.2) is 39.5 Å². The molecule has 0 aliphatic heterocycles. The van der Waals surface area contributed by atoms with E-state index >= 15 is 0 Å². The lowest BCUT2D eigenvalue weighted by molar-refractivity contribution is 0.0602. The normalized spacial score (nSPS) is 9.83. The minimum absolute atomic E-state index is 0.0450. The molecule has 0 bridgehead atoms. The first-order valence-corrected chi connectivity index (χ1v) is 4.99. The van der Waals surface area contributed by atoms with Gasteiger partial charge in [-0.05, 0) is 22.6 Å². The minimum Gasteiger partial charge on any atom is -0.465 e. The number of hydrogen-bond acceptors (Lipinski definition) is 6. The van der Waals surface area contributed by atoms with Gasteiger partial charge in [0.25, 0.3) is 0 Å². The number of rotatable bonds is 3. The monoisotopic (exact) mass is 246 g/mol. The van der Waals surface area contributed by atoms with Gasteiger partial charge in [-0.2, -0.15) is 0 Å². The van der Waals surface area contributed by atoms with Gasteiger partial charge in [0.1, 0.15) is 0 Å². The van der Waals surface area contributed by atoms with Gasteiger partial charge in [0.15, 0.2) is 5.84 Å².